The van der Waals surface area contributed by atoms with E-state index >= 15 is 4.39 Å². The number of hydrogen-bond acceptors (Lipinski definition) is 8. The number of anilines is 1. The molecule has 0 saturated carbocycles. The summed E-state index contributed by atoms with van der Waals surface area (Å²) in [5.74, 6) is -2.08. The summed E-state index contributed by atoms with van der Waals surface area (Å²) in [5, 5.41) is 8.95. The van der Waals surface area contributed by atoms with Gasteiger partial charge < -0.3 is 14.2 Å². The number of halogens is 1. The third-order valence-corrected chi connectivity index (χ3v) is 6.92. The number of hydrogen-bond donors (Lipinski definition) is 2. The molecule has 34 heavy (non-hydrogen) atoms. The molecule has 3 atom stereocenters. The Morgan fingerprint density at radius 2 is 1.85 bits per heavy atom. The highest BCUT2D eigenvalue weighted by Crippen LogP contribution is 2.49. The van der Waals surface area contributed by atoms with Gasteiger partial charge in [0.2, 0.25) is 17.4 Å². The minimum atomic E-state index is -1.69. The Labute approximate surface area is 192 Å². The van der Waals surface area contributed by atoms with Crippen LogP contribution >= 0.6 is 0 Å². The van der Waals surface area contributed by atoms with Gasteiger partial charge in [-0.15, -0.1) is 0 Å². The molecule has 0 unspecified atom stereocenters. The van der Waals surface area contributed by atoms with Crippen molar-refractivity contribution in [2.45, 2.75) is 38.5 Å². The van der Waals surface area contributed by atoms with Crippen LogP contribution in [0, 0.1) is 11.2 Å². The summed E-state index contributed by atoms with van der Waals surface area (Å²) in [6.45, 7) is 3.82. The number of pyridine rings is 1. The molecule has 1 spiro atoms. The van der Waals surface area contributed by atoms with Gasteiger partial charge in [0.1, 0.15) is 5.69 Å². The number of carbonyl (C=O) groups excluding carboxylic acids is 3. The third-order valence-electron chi connectivity index (χ3n) is 6.92. The molecule has 2 saturated heterocycles. The maximum atomic E-state index is 16.0. The summed E-state index contributed by atoms with van der Waals surface area (Å²) in [6.07, 6.45) is 2.18. The molecule has 4 amide bonds. The second-order valence-electron chi connectivity index (χ2n) is 8.98. The number of aromatic nitrogens is 2. The molecule has 2 fully saturated rings. The van der Waals surface area contributed by atoms with Crippen molar-refractivity contribution < 1.29 is 28.0 Å². The summed E-state index contributed by atoms with van der Waals surface area (Å²) >= 11 is 0. The van der Waals surface area contributed by atoms with E-state index in [1.54, 1.807) is 42.4 Å². The van der Waals surface area contributed by atoms with Crippen molar-refractivity contribution in [1.82, 2.24) is 20.8 Å². The van der Waals surface area contributed by atoms with Crippen LogP contribution in [0.2, 0.25) is 0 Å². The van der Waals surface area contributed by atoms with Gasteiger partial charge in [0, 0.05) is 30.9 Å². The SMILES string of the molecule is C[C@H]1CN2c3c(cc4c(-c5ccncc5)noc4c3F)CC3(C(=O)NC(=O)NC3=O)[C@@H]2[C@@H](C)O1. The molecule has 0 radical (unpaired) electrons. The maximum absolute atomic E-state index is 16.0. The van der Waals surface area contributed by atoms with E-state index in [0.717, 1.165) is 0 Å². The van der Waals surface area contributed by atoms with E-state index < -0.39 is 41.2 Å². The van der Waals surface area contributed by atoms with Gasteiger partial charge in [-0.2, -0.15) is 0 Å². The molecule has 174 valence electrons. The minimum absolute atomic E-state index is 0.0141. The van der Waals surface area contributed by atoms with E-state index in [-0.39, 0.29) is 30.3 Å². The molecule has 10 nitrogen and oxygen atoms in total. The number of fused-ring (bicyclic) bond motifs is 5. The Balaban J connectivity index is 1.61. The van der Waals surface area contributed by atoms with Crippen molar-refractivity contribution in [3.05, 3.63) is 42.0 Å². The molecule has 0 bridgehead atoms. The standard InChI is InChI=1S/C23H20FN5O5/c1-10-9-29-17-13(7-14-16(12-3-5-25-6-4-12)28-34-18(14)15(17)24)8-23(19(29)11(2)33-10)20(30)26-22(32)27-21(23)31/h3-7,10-11,19H,8-9H2,1-2H3,(H2,26,27,30,31,32)/t10-,11+,19-/m0/s1. The quantitative estimate of drug-likeness (QED) is 0.522. The zero-order valence-electron chi connectivity index (χ0n) is 18.3. The van der Waals surface area contributed by atoms with Gasteiger partial charge in [-0.05, 0) is 37.6 Å². The second kappa shape index (κ2) is 7.07. The second-order valence-corrected chi connectivity index (χ2v) is 8.98. The number of urea groups is 1. The maximum Gasteiger partial charge on any atom is 0.328 e. The first kappa shape index (κ1) is 20.7. The molecule has 2 N–H and O–H groups in total. The van der Waals surface area contributed by atoms with E-state index in [1.165, 1.54) is 0 Å². The first-order chi connectivity index (χ1) is 16.3. The number of nitrogens with zero attached hydrogens (tertiary/aromatic N) is 3. The lowest BCUT2D eigenvalue weighted by atomic mass is 9.66. The zero-order valence-corrected chi connectivity index (χ0v) is 18.3. The molecule has 0 aliphatic carbocycles. The van der Waals surface area contributed by atoms with E-state index in [9.17, 15) is 14.4 Å². The Kier molecular flexibility index (Phi) is 4.31. The number of carbonyl (C=O) groups is 3. The van der Waals surface area contributed by atoms with Crippen LogP contribution in [0.3, 0.4) is 0 Å². The van der Waals surface area contributed by atoms with Crippen LogP contribution < -0.4 is 15.5 Å². The molecule has 11 heteroatoms. The van der Waals surface area contributed by atoms with Crippen molar-refractivity contribution >= 4 is 34.5 Å². The van der Waals surface area contributed by atoms with Crippen LogP contribution in [0.25, 0.3) is 22.2 Å². The zero-order chi connectivity index (χ0) is 23.8. The number of barbiturate groups is 1. The molecule has 6 rings (SSSR count). The van der Waals surface area contributed by atoms with Gasteiger partial charge in [-0.3, -0.25) is 25.2 Å². The molecule has 3 aliphatic rings. The van der Waals surface area contributed by atoms with E-state index in [2.05, 4.69) is 20.8 Å². The van der Waals surface area contributed by atoms with Crippen LogP contribution in [0.15, 0.2) is 35.1 Å². The van der Waals surface area contributed by atoms with Crippen molar-refractivity contribution in [3.63, 3.8) is 0 Å². The Bertz CT molecular complexity index is 1350. The van der Waals surface area contributed by atoms with E-state index in [1.807, 2.05) is 6.92 Å². The fourth-order valence-electron chi connectivity index (χ4n) is 5.67. The van der Waals surface area contributed by atoms with Crippen LogP contribution in [0.5, 0.6) is 0 Å². The lowest BCUT2D eigenvalue weighted by Gasteiger charge is -2.55. The van der Waals surface area contributed by atoms with Crippen molar-refractivity contribution in [2.75, 3.05) is 11.4 Å². The largest absolute Gasteiger partial charge is 0.372 e. The fourth-order valence-corrected chi connectivity index (χ4v) is 5.67. The number of ether oxygens (including phenoxy) is 1. The normalized spacial score (nSPS) is 25.7. The summed E-state index contributed by atoms with van der Waals surface area (Å²) in [5.41, 5.74) is 0.102. The van der Waals surface area contributed by atoms with Crippen LogP contribution in [0.4, 0.5) is 14.9 Å². The van der Waals surface area contributed by atoms with Gasteiger partial charge in [0.25, 0.3) is 0 Å². The topological polar surface area (TPSA) is 127 Å². The van der Waals surface area contributed by atoms with Crippen molar-refractivity contribution in [1.29, 1.82) is 0 Å². The lowest BCUT2D eigenvalue weighted by molar-refractivity contribution is -0.153. The highest BCUT2D eigenvalue weighted by atomic mass is 19.1. The van der Waals surface area contributed by atoms with Crippen molar-refractivity contribution in [3.8, 4) is 11.3 Å². The molecular formula is C23H20FN5O5. The Morgan fingerprint density at radius 1 is 1.15 bits per heavy atom. The first-order valence-corrected chi connectivity index (χ1v) is 10.9. The van der Waals surface area contributed by atoms with E-state index in [4.69, 9.17) is 9.26 Å². The van der Waals surface area contributed by atoms with E-state index in [0.29, 0.717) is 22.2 Å². The average Bonchev–Trinajstić information content (AvgIpc) is 3.21. The summed E-state index contributed by atoms with van der Waals surface area (Å²) < 4.78 is 27.4. The summed E-state index contributed by atoms with van der Waals surface area (Å²) in [4.78, 5) is 44.1. The Morgan fingerprint density at radius 3 is 2.56 bits per heavy atom. The summed E-state index contributed by atoms with van der Waals surface area (Å²) in [7, 11) is 0. The third kappa shape index (κ3) is 2.67. The van der Waals surface area contributed by atoms with Gasteiger partial charge in [0.15, 0.2) is 11.2 Å². The number of imide groups is 2. The lowest BCUT2D eigenvalue weighted by Crippen LogP contribution is -2.75. The molecule has 1 aromatic carbocycles. The molecular weight excluding hydrogens is 445 g/mol. The number of amides is 4. The van der Waals surface area contributed by atoms with Gasteiger partial charge in [0.05, 0.1) is 29.3 Å². The number of nitrogens with one attached hydrogen (secondary N) is 2. The number of morpholine rings is 1. The van der Waals surface area contributed by atoms with Crippen LogP contribution in [0.1, 0.15) is 19.4 Å². The van der Waals surface area contributed by atoms with Crippen molar-refractivity contribution in [2.24, 2.45) is 5.41 Å². The highest BCUT2D eigenvalue weighted by molar-refractivity contribution is 6.20. The molecule has 2 aromatic heterocycles. The predicted molar refractivity (Wildman–Crippen MR) is 116 cm³/mol. The Hall–Kier alpha value is -3.86. The first-order valence-electron chi connectivity index (χ1n) is 10.9. The minimum Gasteiger partial charge on any atom is -0.372 e. The van der Waals surface area contributed by atoms with Gasteiger partial charge in [-0.25, -0.2) is 9.18 Å². The molecule has 3 aromatic rings. The molecule has 5 heterocycles. The van der Waals surface area contributed by atoms with Gasteiger partial charge >= 0.3 is 6.03 Å². The highest BCUT2D eigenvalue weighted by Gasteiger charge is 2.63. The fraction of sp³-hybridized carbons (Fsp3) is 0.348. The smallest absolute Gasteiger partial charge is 0.328 e. The van der Waals surface area contributed by atoms with Gasteiger partial charge in [-0.1, -0.05) is 5.16 Å². The monoisotopic (exact) mass is 465 g/mol. The molecule has 3 aliphatic heterocycles. The van der Waals surface area contributed by atoms with Crippen LogP contribution in [-0.2, 0) is 20.7 Å². The average molecular weight is 465 g/mol. The number of benzene rings is 1. The summed E-state index contributed by atoms with van der Waals surface area (Å²) in [6, 6.07) is 3.45. The predicted octanol–water partition coefficient (Wildman–Crippen LogP) is 1.92. The van der Waals surface area contributed by atoms with Crippen LogP contribution in [-0.4, -0.2) is 52.8 Å². The number of rotatable bonds is 1.